The monoisotopic (exact) mass is 426 g/mol. The minimum absolute atomic E-state index is 0.0697. The van der Waals surface area contributed by atoms with Crippen LogP contribution in [0.4, 0.5) is 17.5 Å². The summed E-state index contributed by atoms with van der Waals surface area (Å²) in [7, 11) is 0. The average Bonchev–Trinajstić information content (AvgIpc) is 3.24. The molecule has 0 radical (unpaired) electrons. The number of piperazine rings is 1. The zero-order chi connectivity index (χ0) is 22.1. The fourth-order valence-electron chi connectivity index (χ4n) is 4.01. The Hall–Kier alpha value is -3.87. The largest absolute Gasteiger partial charge is 0.340 e. The van der Waals surface area contributed by atoms with E-state index in [9.17, 15) is 4.79 Å². The van der Waals surface area contributed by atoms with Gasteiger partial charge < -0.3 is 19.5 Å². The highest BCUT2D eigenvalue weighted by atomic mass is 16.2. The number of benzene rings is 1. The van der Waals surface area contributed by atoms with Gasteiger partial charge in [0.2, 0.25) is 5.95 Å². The Morgan fingerprint density at radius 3 is 2.47 bits per heavy atom. The molecule has 162 valence electrons. The predicted molar refractivity (Wildman–Crippen MR) is 127 cm³/mol. The Bertz CT molecular complexity index is 1220. The molecule has 0 spiro atoms. The number of aryl methyl sites for hydroxylation is 2. The zero-order valence-corrected chi connectivity index (χ0v) is 18.3. The highest BCUT2D eigenvalue weighted by Crippen LogP contribution is 2.21. The molecule has 0 aliphatic carbocycles. The third kappa shape index (κ3) is 4.14. The highest BCUT2D eigenvalue weighted by Gasteiger charge is 2.24. The third-order valence-electron chi connectivity index (χ3n) is 5.77. The Morgan fingerprint density at radius 1 is 0.938 bits per heavy atom. The maximum absolute atomic E-state index is 13.0. The molecule has 1 aromatic carbocycles. The molecule has 7 nitrogen and oxygen atoms in total. The summed E-state index contributed by atoms with van der Waals surface area (Å²) >= 11 is 0. The van der Waals surface area contributed by atoms with E-state index < -0.39 is 0 Å². The van der Waals surface area contributed by atoms with Gasteiger partial charge in [-0.25, -0.2) is 4.98 Å². The van der Waals surface area contributed by atoms with Gasteiger partial charge in [-0.1, -0.05) is 23.8 Å². The number of hydrogen-bond donors (Lipinski definition) is 1. The Morgan fingerprint density at radius 2 is 1.72 bits per heavy atom. The number of carbonyl (C=O) groups is 1. The first-order valence-corrected chi connectivity index (χ1v) is 10.9. The lowest BCUT2D eigenvalue weighted by Gasteiger charge is -2.34. The molecule has 1 aliphatic heterocycles. The molecule has 5 rings (SSSR count). The summed E-state index contributed by atoms with van der Waals surface area (Å²) in [6.45, 7) is 6.73. The molecule has 0 bridgehead atoms. The third-order valence-corrected chi connectivity index (χ3v) is 5.77. The number of hydrogen-bond acceptors (Lipinski definition) is 5. The van der Waals surface area contributed by atoms with E-state index in [1.807, 2.05) is 71.1 Å². The average molecular weight is 427 g/mol. The number of fused-ring (bicyclic) bond motifs is 1. The second-order valence-electron chi connectivity index (χ2n) is 8.23. The maximum Gasteiger partial charge on any atom is 0.255 e. The lowest BCUT2D eigenvalue weighted by atomic mass is 10.2. The van der Waals surface area contributed by atoms with Crippen molar-refractivity contribution in [2.75, 3.05) is 36.4 Å². The lowest BCUT2D eigenvalue weighted by molar-refractivity contribution is 0.0746. The fourth-order valence-corrected chi connectivity index (χ4v) is 4.01. The van der Waals surface area contributed by atoms with Crippen LogP contribution in [0, 0.1) is 13.8 Å². The molecule has 0 saturated carbocycles. The number of carbonyl (C=O) groups excluding carboxylic acids is 1. The topological polar surface area (TPSA) is 65.8 Å². The standard InChI is InChI=1S/C25H26N6O/c1-18-6-8-21(9-7-18)27-23-15-19(2)26-25(28-23)30-13-11-29(12-14-30)24(32)20-16-22-5-3-4-10-31(22)17-20/h3-10,15-17H,11-14H2,1-2H3,(H,26,27,28). The van der Waals surface area contributed by atoms with Gasteiger partial charge in [0, 0.05) is 61.5 Å². The molecule has 1 N–H and O–H groups in total. The van der Waals surface area contributed by atoms with Gasteiger partial charge in [-0.05, 0) is 44.2 Å². The van der Waals surface area contributed by atoms with Crippen molar-refractivity contribution in [2.24, 2.45) is 0 Å². The van der Waals surface area contributed by atoms with Crippen molar-refractivity contribution >= 4 is 28.9 Å². The van der Waals surface area contributed by atoms with Gasteiger partial charge in [-0.15, -0.1) is 0 Å². The molecular weight excluding hydrogens is 400 g/mol. The van der Waals surface area contributed by atoms with E-state index in [4.69, 9.17) is 4.98 Å². The zero-order valence-electron chi connectivity index (χ0n) is 18.3. The summed E-state index contributed by atoms with van der Waals surface area (Å²) < 4.78 is 1.98. The smallest absolute Gasteiger partial charge is 0.255 e. The van der Waals surface area contributed by atoms with Gasteiger partial charge in [0.25, 0.3) is 5.91 Å². The normalized spacial score (nSPS) is 14.1. The number of rotatable bonds is 4. The number of nitrogens with one attached hydrogen (secondary N) is 1. The molecule has 4 aromatic rings. The van der Waals surface area contributed by atoms with Gasteiger partial charge in [0.05, 0.1) is 5.56 Å². The number of anilines is 3. The Balaban J connectivity index is 1.27. The second kappa shape index (κ2) is 8.34. The molecule has 4 heterocycles. The van der Waals surface area contributed by atoms with Crippen LogP contribution in [0.5, 0.6) is 0 Å². The SMILES string of the molecule is Cc1ccc(Nc2cc(C)nc(N3CCN(C(=O)c4cc5ccccn5c4)CC3)n2)cc1. The van der Waals surface area contributed by atoms with E-state index in [2.05, 4.69) is 34.3 Å². The van der Waals surface area contributed by atoms with E-state index in [-0.39, 0.29) is 5.91 Å². The number of pyridine rings is 1. The van der Waals surface area contributed by atoms with Crippen molar-refractivity contribution in [1.29, 1.82) is 0 Å². The Labute approximate surface area is 187 Å². The first kappa shape index (κ1) is 20.1. The number of aromatic nitrogens is 3. The van der Waals surface area contributed by atoms with E-state index >= 15 is 0 Å². The van der Waals surface area contributed by atoms with Crippen molar-refractivity contribution in [1.82, 2.24) is 19.3 Å². The summed E-state index contributed by atoms with van der Waals surface area (Å²) in [6.07, 6.45) is 3.86. The van der Waals surface area contributed by atoms with Crippen molar-refractivity contribution in [3.05, 3.63) is 83.8 Å². The van der Waals surface area contributed by atoms with Crippen molar-refractivity contribution in [2.45, 2.75) is 13.8 Å². The van der Waals surface area contributed by atoms with E-state index in [1.165, 1.54) is 5.56 Å². The van der Waals surface area contributed by atoms with Gasteiger partial charge in [0.1, 0.15) is 5.82 Å². The minimum atomic E-state index is 0.0697. The lowest BCUT2D eigenvalue weighted by Crippen LogP contribution is -2.49. The first-order valence-electron chi connectivity index (χ1n) is 10.9. The number of amides is 1. The molecule has 1 aliphatic rings. The van der Waals surface area contributed by atoms with Crippen LogP contribution in [0.1, 0.15) is 21.6 Å². The molecular formula is C25H26N6O. The van der Waals surface area contributed by atoms with Gasteiger partial charge in [-0.3, -0.25) is 4.79 Å². The van der Waals surface area contributed by atoms with Crippen LogP contribution in [-0.4, -0.2) is 51.4 Å². The molecule has 0 atom stereocenters. The molecule has 7 heteroatoms. The van der Waals surface area contributed by atoms with Crippen LogP contribution in [0.3, 0.4) is 0 Å². The number of nitrogens with zero attached hydrogens (tertiary/aromatic N) is 5. The van der Waals surface area contributed by atoms with E-state index in [0.717, 1.165) is 28.3 Å². The molecule has 1 saturated heterocycles. The molecule has 0 unspecified atom stereocenters. The molecule has 1 amide bonds. The van der Waals surface area contributed by atoms with Crippen LogP contribution in [0.2, 0.25) is 0 Å². The van der Waals surface area contributed by atoms with Crippen LogP contribution in [0.25, 0.3) is 5.52 Å². The summed E-state index contributed by atoms with van der Waals surface area (Å²) in [5.74, 6) is 1.54. The van der Waals surface area contributed by atoms with Crippen molar-refractivity contribution in [3.63, 3.8) is 0 Å². The predicted octanol–water partition coefficient (Wildman–Crippen LogP) is 4.05. The fraction of sp³-hybridized carbons (Fsp3) is 0.240. The molecule has 3 aromatic heterocycles. The van der Waals surface area contributed by atoms with Crippen molar-refractivity contribution in [3.8, 4) is 0 Å². The van der Waals surface area contributed by atoms with Crippen LogP contribution in [0.15, 0.2) is 67.0 Å². The van der Waals surface area contributed by atoms with Gasteiger partial charge >= 0.3 is 0 Å². The van der Waals surface area contributed by atoms with Crippen LogP contribution in [-0.2, 0) is 0 Å². The summed E-state index contributed by atoms with van der Waals surface area (Å²) in [4.78, 5) is 26.4. The highest BCUT2D eigenvalue weighted by molar-refractivity contribution is 5.95. The molecule has 1 fully saturated rings. The summed E-state index contributed by atoms with van der Waals surface area (Å²) in [5.41, 5.74) is 4.87. The van der Waals surface area contributed by atoms with Crippen LogP contribution < -0.4 is 10.2 Å². The van der Waals surface area contributed by atoms with E-state index in [1.54, 1.807) is 0 Å². The summed E-state index contributed by atoms with van der Waals surface area (Å²) in [6, 6.07) is 18.1. The quantitative estimate of drug-likeness (QED) is 0.533. The minimum Gasteiger partial charge on any atom is -0.340 e. The molecule has 32 heavy (non-hydrogen) atoms. The van der Waals surface area contributed by atoms with Crippen LogP contribution >= 0.6 is 0 Å². The van der Waals surface area contributed by atoms with Gasteiger partial charge in [0.15, 0.2) is 0 Å². The summed E-state index contributed by atoms with van der Waals surface area (Å²) in [5, 5.41) is 3.37. The first-order chi connectivity index (χ1) is 15.5. The van der Waals surface area contributed by atoms with Gasteiger partial charge in [-0.2, -0.15) is 4.98 Å². The maximum atomic E-state index is 13.0. The van der Waals surface area contributed by atoms with Crippen molar-refractivity contribution < 1.29 is 4.79 Å². The van der Waals surface area contributed by atoms with E-state index in [0.29, 0.717) is 32.1 Å². The Kier molecular flexibility index (Phi) is 5.23. The second-order valence-corrected chi connectivity index (χ2v) is 8.23.